The molecule has 0 bridgehead atoms. The number of nitrogens with zero attached hydrogens (tertiary/aromatic N) is 2. The summed E-state index contributed by atoms with van der Waals surface area (Å²) in [6, 6.07) is 0. The fourth-order valence-corrected chi connectivity index (χ4v) is 2.04. The Balaban J connectivity index is 1.85. The number of hydrogen-bond acceptors (Lipinski definition) is 2. The summed E-state index contributed by atoms with van der Waals surface area (Å²) in [5.74, 6) is 0.550. The summed E-state index contributed by atoms with van der Waals surface area (Å²) in [6.45, 7) is 4.66. The molecule has 0 saturated carbocycles. The number of rotatable bonds is 1. The first kappa shape index (κ1) is 9.93. The van der Waals surface area contributed by atoms with Gasteiger partial charge in [-0.2, -0.15) is 0 Å². The number of piperidine rings is 1. The first-order chi connectivity index (χ1) is 6.88. The first-order valence-corrected chi connectivity index (χ1v) is 5.38. The standard InChI is InChI=1S/C10H17N2O2/c13-10(9-1-3-11-4-2-9)12-5-7-14-8-6-12/h9H,1-8H2. The van der Waals surface area contributed by atoms with Gasteiger partial charge in [0, 0.05) is 32.1 Å². The Morgan fingerprint density at radius 2 is 1.86 bits per heavy atom. The average molecular weight is 197 g/mol. The van der Waals surface area contributed by atoms with Crippen molar-refractivity contribution in [2.45, 2.75) is 12.8 Å². The van der Waals surface area contributed by atoms with E-state index in [0.29, 0.717) is 19.1 Å². The molecule has 79 valence electrons. The smallest absolute Gasteiger partial charge is 0.225 e. The Kier molecular flexibility index (Phi) is 3.37. The molecule has 0 spiro atoms. The van der Waals surface area contributed by atoms with Gasteiger partial charge in [0.2, 0.25) is 5.91 Å². The van der Waals surface area contributed by atoms with E-state index in [1.807, 2.05) is 4.90 Å². The third-order valence-corrected chi connectivity index (χ3v) is 2.94. The molecule has 0 N–H and O–H groups in total. The van der Waals surface area contributed by atoms with Crippen molar-refractivity contribution in [1.29, 1.82) is 0 Å². The highest BCUT2D eigenvalue weighted by Gasteiger charge is 2.26. The minimum atomic E-state index is 0.227. The van der Waals surface area contributed by atoms with E-state index in [-0.39, 0.29) is 5.92 Å². The number of hydrogen-bond donors (Lipinski definition) is 0. The van der Waals surface area contributed by atoms with Gasteiger partial charge in [-0.15, -0.1) is 0 Å². The third-order valence-electron chi connectivity index (χ3n) is 2.94. The lowest BCUT2D eigenvalue weighted by molar-refractivity contribution is -0.140. The fourth-order valence-electron chi connectivity index (χ4n) is 2.04. The van der Waals surface area contributed by atoms with Gasteiger partial charge in [-0.3, -0.25) is 4.79 Å². The van der Waals surface area contributed by atoms with Crippen molar-refractivity contribution in [1.82, 2.24) is 10.2 Å². The molecule has 1 amide bonds. The quantitative estimate of drug-likeness (QED) is 0.587. The molecule has 14 heavy (non-hydrogen) atoms. The molecular weight excluding hydrogens is 180 g/mol. The maximum atomic E-state index is 12.0. The molecule has 0 aromatic heterocycles. The van der Waals surface area contributed by atoms with Gasteiger partial charge >= 0.3 is 0 Å². The Hall–Kier alpha value is -0.610. The molecule has 0 atom stereocenters. The van der Waals surface area contributed by atoms with Crippen LogP contribution in [0, 0.1) is 5.92 Å². The summed E-state index contributed by atoms with van der Waals surface area (Å²) in [5.41, 5.74) is 0. The zero-order valence-electron chi connectivity index (χ0n) is 8.45. The first-order valence-electron chi connectivity index (χ1n) is 5.38. The number of carbonyl (C=O) groups excluding carboxylic acids is 1. The molecule has 2 fully saturated rings. The predicted molar refractivity (Wildman–Crippen MR) is 52.0 cm³/mol. The Bertz CT molecular complexity index is 176. The van der Waals surface area contributed by atoms with Crippen molar-refractivity contribution in [3.05, 3.63) is 0 Å². The second kappa shape index (κ2) is 4.75. The molecule has 0 aromatic carbocycles. The van der Waals surface area contributed by atoms with Gasteiger partial charge < -0.3 is 9.64 Å². The average Bonchev–Trinajstić information content (AvgIpc) is 2.30. The lowest BCUT2D eigenvalue weighted by Crippen LogP contribution is -2.45. The molecular formula is C10H17N2O2. The van der Waals surface area contributed by atoms with Crippen LogP contribution in [0.25, 0.3) is 0 Å². The number of carbonyl (C=O) groups is 1. The van der Waals surface area contributed by atoms with E-state index < -0.39 is 0 Å². The van der Waals surface area contributed by atoms with Crippen LogP contribution in [0.3, 0.4) is 0 Å². The van der Waals surface area contributed by atoms with Gasteiger partial charge in [0.1, 0.15) is 0 Å². The molecule has 2 rings (SSSR count). The van der Waals surface area contributed by atoms with Crippen molar-refractivity contribution >= 4 is 5.91 Å². The van der Waals surface area contributed by atoms with E-state index >= 15 is 0 Å². The van der Waals surface area contributed by atoms with E-state index in [0.717, 1.165) is 39.0 Å². The van der Waals surface area contributed by atoms with E-state index in [1.165, 1.54) is 0 Å². The topological polar surface area (TPSA) is 43.6 Å². The maximum Gasteiger partial charge on any atom is 0.225 e. The van der Waals surface area contributed by atoms with Crippen molar-refractivity contribution in [2.75, 3.05) is 39.4 Å². The normalized spacial score (nSPS) is 25.0. The van der Waals surface area contributed by atoms with Crippen LogP contribution in [0.2, 0.25) is 0 Å². The van der Waals surface area contributed by atoms with Crippen molar-refractivity contribution < 1.29 is 9.53 Å². The largest absolute Gasteiger partial charge is 0.378 e. The van der Waals surface area contributed by atoms with E-state index in [1.54, 1.807) is 0 Å². The molecule has 2 aliphatic rings. The summed E-state index contributed by atoms with van der Waals surface area (Å²) in [5, 5.41) is 4.26. The molecule has 0 aromatic rings. The highest BCUT2D eigenvalue weighted by Crippen LogP contribution is 2.16. The van der Waals surface area contributed by atoms with Gasteiger partial charge in [-0.1, -0.05) is 0 Å². The SMILES string of the molecule is O=C(C1CC[N]CC1)N1CCOCC1. The monoisotopic (exact) mass is 197 g/mol. The second-order valence-corrected chi connectivity index (χ2v) is 3.88. The summed E-state index contributed by atoms with van der Waals surface area (Å²) >= 11 is 0. The van der Waals surface area contributed by atoms with Gasteiger partial charge in [0.15, 0.2) is 0 Å². The fraction of sp³-hybridized carbons (Fsp3) is 0.900. The lowest BCUT2D eigenvalue weighted by atomic mass is 9.96. The van der Waals surface area contributed by atoms with Crippen LogP contribution >= 0.6 is 0 Å². The summed E-state index contributed by atoms with van der Waals surface area (Å²) in [6.07, 6.45) is 1.88. The molecule has 2 heterocycles. The van der Waals surface area contributed by atoms with Gasteiger partial charge in [-0.05, 0) is 12.8 Å². The Morgan fingerprint density at radius 3 is 2.50 bits per heavy atom. The molecule has 4 heteroatoms. The highest BCUT2D eigenvalue weighted by molar-refractivity contribution is 5.79. The molecule has 1 radical (unpaired) electrons. The zero-order valence-corrected chi connectivity index (χ0v) is 8.45. The minimum absolute atomic E-state index is 0.227. The molecule has 0 aliphatic carbocycles. The van der Waals surface area contributed by atoms with Crippen molar-refractivity contribution in [3.8, 4) is 0 Å². The summed E-state index contributed by atoms with van der Waals surface area (Å²) in [4.78, 5) is 13.9. The minimum Gasteiger partial charge on any atom is -0.378 e. The van der Waals surface area contributed by atoms with Crippen LogP contribution in [-0.2, 0) is 9.53 Å². The Morgan fingerprint density at radius 1 is 1.21 bits per heavy atom. The second-order valence-electron chi connectivity index (χ2n) is 3.88. The number of morpholine rings is 1. The van der Waals surface area contributed by atoms with Gasteiger partial charge in [0.25, 0.3) is 0 Å². The molecule has 0 unspecified atom stereocenters. The zero-order chi connectivity index (χ0) is 9.80. The van der Waals surface area contributed by atoms with Crippen LogP contribution in [0.4, 0.5) is 0 Å². The lowest BCUT2D eigenvalue weighted by Gasteiger charge is -2.31. The van der Waals surface area contributed by atoms with Crippen molar-refractivity contribution in [2.24, 2.45) is 5.92 Å². The molecule has 4 nitrogen and oxygen atoms in total. The predicted octanol–water partition coefficient (Wildman–Crippen LogP) is -0.140. The van der Waals surface area contributed by atoms with Crippen LogP contribution in [0.5, 0.6) is 0 Å². The third kappa shape index (κ3) is 2.25. The van der Waals surface area contributed by atoms with Crippen LogP contribution in [0.15, 0.2) is 0 Å². The van der Waals surface area contributed by atoms with Gasteiger partial charge in [-0.25, -0.2) is 5.32 Å². The van der Waals surface area contributed by atoms with E-state index in [2.05, 4.69) is 5.32 Å². The van der Waals surface area contributed by atoms with Crippen LogP contribution in [-0.4, -0.2) is 50.2 Å². The van der Waals surface area contributed by atoms with Crippen LogP contribution < -0.4 is 5.32 Å². The summed E-state index contributed by atoms with van der Waals surface area (Å²) in [7, 11) is 0. The Labute approximate surface area is 84.6 Å². The van der Waals surface area contributed by atoms with Gasteiger partial charge in [0.05, 0.1) is 13.2 Å². The molecule has 2 aliphatic heterocycles. The number of ether oxygens (including phenoxy) is 1. The number of amides is 1. The van der Waals surface area contributed by atoms with Crippen LogP contribution in [0.1, 0.15) is 12.8 Å². The van der Waals surface area contributed by atoms with E-state index in [9.17, 15) is 4.79 Å². The van der Waals surface area contributed by atoms with E-state index in [4.69, 9.17) is 4.74 Å². The highest BCUT2D eigenvalue weighted by atomic mass is 16.5. The summed E-state index contributed by atoms with van der Waals surface area (Å²) < 4.78 is 5.22. The molecule has 2 saturated heterocycles. The van der Waals surface area contributed by atoms with Crippen molar-refractivity contribution in [3.63, 3.8) is 0 Å². The maximum absolute atomic E-state index is 12.0.